The number of carbonyl (C=O) groups excluding carboxylic acids is 1. The molecule has 1 saturated heterocycles. The lowest BCUT2D eigenvalue weighted by molar-refractivity contribution is -0.126. The maximum Gasteiger partial charge on any atom is 0.139 e. The molecular weight excluding hydrogens is 382 g/mol. The smallest absolute Gasteiger partial charge is 0.139 e. The van der Waals surface area contributed by atoms with Crippen molar-refractivity contribution in [2.75, 3.05) is 26.7 Å². The molecule has 0 radical (unpaired) electrons. The highest BCUT2D eigenvalue weighted by Crippen LogP contribution is 2.35. The first kappa shape index (κ1) is 21.1. The average molecular weight is 412 g/mol. The fourth-order valence-corrected chi connectivity index (χ4v) is 4.49. The van der Waals surface area contributed by atoms with Crippen LogP contribution in [0, 0.1) is 5.92 Å². The van der Waals surface area contributed by atoms with E-state index in [1.54, 1.807) is 7.11 Å². The number of Topliss-reactive ketones (excluding diaryl/α,β-unsaturated/α-hetero) is 1. The van der Waals surface area contributed by atoms with E-state index in [2.05, 4.69) is 71.6 Å². The van der Waals surface area contributed by atoms with Gasteiger partial charge in [-0.15, -0.1) is 0 Å². The fourth-order valence-electron chi connectivity index (χ4n) is 4.49. The van der Waals surface area contributed by atoms with Crippen molar-refractivity contribution in [2.45, 2.75) is 12.3 Å². The van der Waals surface area contributed by atoms with Gasteiger partial charge in [0.2, 0.25) is 0 Å². The summed E-state index contributed by atoms with van der Waals surface area (Å²) in [5.74, 6) is 1.27. The molecule has 3 aromatic rings. The number of hydrogen-bond donors (Lipinski definition) is 0. The molecule has 0 aromatic heterocycles. The van der Waals surface area contributed by atoms with Gasteiger partial charge in [-0.05, 0) is 17.2 Å². The minimum Gasteiger partial charge on any atom is -0.496 e. The molecule has 0 bridgehead atoms. The third kappa shape index (κ3) is 5.12. The minimum absolute atomic E-state index is 0.0433. The van der Waals surface area contributed by atoms with Gasteiger partial charge in [0.15, 0.2) is 0 Å². The second kappa shape index (κ2) is 10.2. The molecular formula is C28H29NO2. The quantitative estimate of drug-likeness (QED) is 0.519. The standard InChI is InChI=1S/C28H29NO2/c1-31-27-17-9-8-11-22(27)16-10-19-29-20-18-26(30)25(21-29)28(23-12-4-2-5-13-23)24-14-6-3-7-15-24/h2-17,25,28H,18-21H2,1H3/b16-10+. The maximum atomic E-state index is 13.0. The average Bonchev–Trinajstić information content (AvgIpc) is 2.83. The maximum absolute atomic E-state index is 13.0. The molecule has 0 amide bonds. The molecule has 158 valence electrons. The first-order valence-electron chi connectivity index (χ1n) is 10.9. The van der Waals surface area contributed by atoms with Crippen molar-refractivity contribution in [2.24, 2.45) is 5.92 Å². The molecule has 1 unspecified atom stereocenters. The summed E-state index contributed by atoms with van der Waals surface area (Å²) in [6.45, 7) is 2.39. The number of para-hydroxylation sites is 1. The summed E-state index contributed by atoms with van der Waals surface area (Å²) < 4.78 is 5.44. The topological polar surface area (TPSA) is 29.5 Å². The van der Waals surface area contributed by atoms with Crippen LogP contribution in [0.1, 0.15) is 29.0 Å². The molecule has 3 nitrogen and oxygen atoms in total. The van der Waals surface area contributed by atoms with Gasteiger partial charge >= 0.3 is 0 Å². The summed E-state index contributed by atoms with van der Waals surface area (Å²) in [6.07, 6.45) is 4.88. The van der Waals surface area contributed by atoms with Gasteiger partial charge in [0.1, 0.15) is 11.5 Å². The first-order valence-corrected chi connectivity index (χ1v) is 10.9. The Morgan fingerprint density at radius 2 is 1.55 bits per heavy atom. The predicted molar refractivity (Wildman–Crippen MR) is 126 cm³/mol. The van der Waals surface area contributed by atoms with Crippen molar-refractivity contribution in [1.29, 1.82) is 0 Å². The van der Waals surface area contributed by atoms with Crippen LogP contribution >= 0.6 is 0 Å². The van der Waals surface area contributed by atoms with Crippen LogP contribution in [0.3, 0.4) is 0 Å². The van der Waals surface area contributed by atoms with Crippen molar-refractivity contribution >= 4 is 11.9 Å². The molecule has 0 aliphatic carbocycles. The molecule has 0 N–H and O–H groups in total. The highest BCUT2D eigenvalue weighted by molar-refractivity contribution is 5.83. The van der Waals surface area contributed by atoms with Crippen LogP contribution in [0.2, 0.25) is 0 Å². The summed E-state index contributed by atoms with van der Waals surface area (Å²) in [4.78, 5) is 15.4. The predicted octanol–water partition coefficient (Wildman–Crippen LogP) is 5.43. The number of benzene rings is 3. The molecule has 3 aromatic carbocycles. The van der Waals surface area contributed by atoms with Crippen LogP contribution < -0.4 is 4.74 Å². The molecule has 1 heterocycles. The SMILES string of the molecule is COc1ccccc1/C=C/CN1CCC(=O)C(C(c2ccccc2)c2ccccc2)C1. The zero-order valence-corrected chi connectivity index (χ0v) is 18.0. The van der Waals surface area contributed by atoms with Gasteiger partial charge in [0.25, 0.3) is 0 Å². The van der Waals surface area contributed by atoms with E-state index in [-0.39, 0.29) is 11.8 Å². The second-order valence-corrected chi connectivity index (χ2v) is 8.03. The monoisotopic (exact) mass is 411 g/mol. The number of rotatable bonds is 7. The van der Waals surface area contributed by atoms with Crippen LogP contribution in [0.4, 0.5) is 0 Å². The van der Waals surface area contributed by atoms with E-state index in [9.17, 15) is 4.79 Å². The number of methoxy groups -OCH3 is 1. The summed E-state index contributed by atoms with van der Waals surface area (Å²) in [7, 11) is 1.70. The van der Waals surface area contributed by atoms with Crippen molar-refractivity contribution in [3.8, 4) is 5.75 Å². The Morgan fingerprint density at radius 3 is 2.19 bits per heavy atom. The normalized spacial score (nSPS) is 17.4. The Hall–Kier alpha value is -3.17. The van der Waals surface area contributed by atoms with E-state index in [4.69, 9.17) is 4.74 Å². The Morgan fingerprint density at radius 1 is 0.935 bits per heavy atom. The van der Waals surface area contributed by atoms with E-state index in [0.717, 1.165) is 30.9 Å². The van der Waals surface area contributed by atoms with Crippen LogP contribution in [0.5, 0.6) is 5.75 Å². The minimum atomic E-state index is -0.0433. The lowest BCUT2D eigenvalue weighted by atomic mass is 9.76. The number of piperidine rings is 1. The molecule has 1 aliphatic rings. The van der Waals surface area contributed by atoms with Gasteiger partial charge in [-0.3, -0.25) is 9.69 Å². The van der Waals surface area contributed by atoms with Gasteiger partial charge in [0, 0.05) is 43.5 Å². The number of nitrogens with zero attached hydrogens (tertiary/aromatic N) is 1. The van der Waals surface area contributed by atoms with Crippen LogP contribution in [0.25, 0.3) is 6.08 Å². The first-order chi connectivity index (χ1) is 15.3. The van der Waals surface area contributed by atoms with Gasteiger partial charge in [-0.25, -0.2) is 0 Å². The van der Waals surface area contributed by atoms with Crippen molar-refractivity contribution in [3.05, 3.63) is 108 Å². The van der Waals surface area contributed by atoms with E-state index < -0.39 is 0 Å². The number of hydrogen-bond acceptors (Lipinski definition) is 3. The largest absolute Gasteiger partial charge is 0.496 e. The van der Waals surface area contributed by atoms with Gasteiger partial charge in [0.05, 0.1) is 7.11 Å². The van der Waals surface area contributed by atoms with E-state index in [0.29, 0.717) is 12.2 Å². The van der Waals surface area contributed by atoms with Crippen LogP contribution in [-0.2, 0) is 4.79 Å². The lowest BCUT2D eigenvalue weighted by Crippen LogP contribution is -2.43. The zero-order valence-electron chi connectivity index (χ0n) is 18.0. The van der Waals surface area contributed by atoms with Crippen molar-refractivity contribution < 1.29 is 9.53 Å². The molecule has 1 aliphatic heterocycles. The molecule has 1 fully saturated rings. The van der Waals surface area contributed by atoms with Gasteiger partial charge in [-0.1, -0.05) is 91.0 Å². The highest BCUT2D eigenvalue weighted by Gasteiger charge is 2.34. The number of carbonyl (C=O) groups is 1. The van der Waals surface area contributed by atoms with Crippen molar-refractivity contribution in [1.82, 2.24) is 4.90 Å². The fraction of sp³-hybridized carbons (Fsp3) is 0.250. The summed E-state index contributed by atoms with van der Waals surface area (Å²) in [6, 6.07) is 28.9. The molecule has 31 heavy (non-hydrogen) atoms. The van der Waals surface area contributed by atoms with Crippen molar-refractivity contribution in [3.63, 3.8) is 0 Å². The van der Waals surface area contributed by atoms with Gasteiger partial charge in [-0.2, -0.15) is 0 Å². The van der Waals surface area contributed by atoms with Gasteiger partial charge < -0.3 is 4.74 Å². The number of ketones is 1. The van der Waals surface area contributed by atoms with E-state index >= 15 is 0 Å². The third-order valence-electron chi connectivity index (χ3n) is 6.06. The summed E-state index contributed by atoms with van der Waals surface area (Å²) in [5, 5.41) is 0. The van der Waals surface area contributed by atoms with E-state index in [1.165, 1.54) is 11.1 Å². The van der Waals surface area contributed by atoms with Crippen LogP contribution in [-0.4, -0.2) is 37.4 Å². The Balaban J connectivity index is 1.53. The zero-order chi connectivity index (χ0) is 21.5. The van der Waals surface area contributed by atoms with E-state index in [1.807, 2.05) is 30.3 Å². The molecule has 4 rings (SSSR count). The summed E-state index contributed by atoms with van der Waals surface area (Å²) >= 11 is 0. The molecule has 3 heteroatoms. The Labute approximate surface area is 185 Å². The van der Waals surface area contributed by atoms with Crippen LogP contribution in [0.15, 0.2) is 91.0 Å². The molecule has 1 atom stereocenters. The Bertz CT molecular complexity index is 974. The lowest BCUT2D eigenvalue weighted by Gasteiger charge is -2.36. The number of likely N-dealkylation sites (tertiary alicyclic amines) is 1. The molecule has 0 saturated carbocycles. The molecule has 0 spiro atoms. The number of ether oxygens (including phenoxy) is 1. The second-order valence-electron chi connectivity index (χ2n) is 8.03. The Kier molecular flexibility index (Phi) is 6.96. The highest BCUT2D eigenvalue weighted by atomic mass is 16.5. The third-order valence-corrected chi connectivity index (χ3v) is 6.06. The summed E-state index contributed by atoms with van der Waals surface area (Å²) in [5.41, 5.74) is 3.48.